The van der Waals surface area contributed by atoms with Gasteiger partial charge in [0.15, 0.2) is 0 Å². The zero-order valence-electron chi connectivity index (χ0n) is 12.3. The normalized spacial score (nSPS) is 10.1. The number of anilines is 1. The number of hydrogen-bond donors (Lipinski definition) is 1. The number of hydrogen-bond acceptors (Lipinski definition) is 4. The first-order valence-electron chi connectivity index (χ1n) is 6.99. The van der Waals surface area contributed by atoms with Crippen LogP contribution in [-0.2, 0) is 4.74 Å². The van der Waals surface area contributed by atoms with Crippen LogP contribution in [0.2, 0.25) is 5.02 Å². The fourth-order valence-corrected chi connectivity index (χ4v) is 2.09. The third-order valence-corrected chi connectivity index (χ3v) is 3.25. The summed E-state index contributed by atoms with van der Waals surface area (Å²) in [4.78, 5) is 11.3. The molecule has 2 aromatic rings. The van der Waals surface area contributed by atoms with Crippen LogP contribution in [0.25, 0.3) is 0 Å². The summed E-state index contributed by atoms with van der Waals surface area (Å²) in [6.07, 6.45) is 0.852. The van der Waals surface area contributed by atoms with Crippen molar-refractivity contribution in [3.63, 3.8) is 0 Å². The average molecular weight is 320 g/mol. The van der Waals surface area contributed by atoms with Crippen molar-refractivity contribution < 1.29 is 14.3 Å². The van der Waals surface area contributed by atoms with Crippen LogP contribution in [0, 0.1) is 0 Å². The quantitative estimate of drug-likeness (QED) is 0.619. The van der Waals surface area contributed by atoms with Gasteiger partial charge in [-0.2, -0.15) is 0 Å². The monoisotopic (exact) mass is 319 g/mol. The zero-order chi connectivity index (χ0) is 15.8. The van der Waals surface area contributed by atoms with Crippen molar-refractivity contribution in [3.05, 3.63) is 59.1 Å². The number of ether oxygens (including phenoxy) is 2. The van der Waals surface area contributed by atoms with Gasteiger partial charge in [-0.05, 0) is 48.9 Å². The van der Waals surface area contributed by atoms with E-state index in [2.05, 4.69) is 10.1 Å². The number of methoxy groups -OCH3 is 1. The third kappa shape index (κ3) is 4.97. The lowest BCUT2D eigenvalue weighted by Gasteiger charge is -2.09. The Morgan fingerprint density at radius 1 is 1.18 bits per heavy atom. The van der Waals surface area contributed by atoms with E-state index in [1.165, 1.54) is 7.11 Å². The molecule has 0 saturated carbocycles. The van der Waals surface area contributed by atoms with Crippen molar-refractivity contribution in [3.8, 4) is 5.75 Å². The molecule has 22 heavy (non-hydrogen) atoms. The predicted molar refractivity (Wildman–Crippen MR) is 87.8 cm³/mol. The van der Waals surface area contributed by atoms with E-state index in [-0.39, 0.29) is 5.97 Å². The number of esters is 1. The highest BCUT2D eigenvalue weighted by atomic mass is 35.5. The molecule has 0 radical (unpaired) electrons. The van der Waals surface area contributed by atoms with Crippen LogP contribution in [0.3, 0.4) is 0 Å². The van der Waals surface area contributed by atoms with E-state index in [4.69, 9.17) is 16.3 Å². The van der Waals surface area contributed by atoms with Crippen LogP contribution < -0.4 is 10.1 Å². The van der Waals surface area contributed by atoms with E-state index >= 15 is 0 Å². The summed E-state index contributed by atoms with van der Waals surface area (Å²) >= 11 is 5.91. The molecule has 116 valence electrons. The van der Waals surface area contributed by atoms with Gasteiger partial charge in [-0.25, -0.2) is 4.79 Å². The maximum absolute atomic E-state index is 11.3. The van der Waals surface area contributed by atoms with Crippen molar-refractivity contribution in [1.29, 1.82) is 0 Å². The molecule has 0 aliphatic carbocycles. The lowest BCUT2D eigenvalue weighted by Crippen LogP contribution is -2.07. The molecule has 0 spiro atoms. The van der Waals surface area contributed by atoms with Gasteiger partial charge < -0.3 is 14.8 Å². The second-order valence-corrected chi connectivity index (χ2v) is 5.09. The molecule has 0 bridgehead atoms. The Labute approximate surface area is 135 Å². The van der Waals surface area contributed by atoms with Crippen molar-refractivity contribution in [2.45, 2.75) is 6.42 Å². The highest BCUT2D eigenvalue weighted by Gasteiger charge is 2.04. The van der Waals surface area contributed by atoms with Gasteiger partial charge in [-0.1, -0.05) is 17.7 Å². The first-order valence-corrected chi connectivity index (χ1v) is 7.37. The zero-order valence-corrected chi connectivity index (χ0v) is 13.1. The van der Waals surface area contributed by atoms with E-state index in [0.29, 0.717) is 17.2 Å². The predicted octanol–water partition coefficient (Wildman–Crippen LogP) is 4.01. The van der Waals surface area contributed by atoms with E-state index in [9.17, 15) is 4.79 Å². The fourth-order valence-electron chi connectivity index (χ4n) is 1.90. The lowest BCUT2D eigenvalue weighted by molar-refractivity contribution is 0.0600. The van der Waals surface area contributed by atoms with Gasteiger partial charge in [0.25, 0.3) is 0 Å². The number of carbonyl (C=O) groups is 1. The molecule has 0 heterocycles. The maximum Gasteiger partial charge on any atom is 0.337 e. The Morgan fingerprint density at radius 3 is 2.64 bits per heavy atom. The second-order valence-electron chi connectivity index (χ2n) is 4.66. The largest absolute Gasteiger partial charge is 0.494 e. The molecule has 0 unspecified atom stereocenters. The van der Waals surface area contributed by atoms with Gasteiger partial charge >= 0.3 is 5.97 Å². The molecule has 4 nitrogen and oxygen atoms in total. The molecule has 0 amide bonds. The average Bonchev–Trinajstić information content (AvgIpc) is 2.54. The summed E-state index contributed by atoms with van der Waals surface area (Å²) in [5, 5.41) is 3.99. The Balaban J connectivity index is 1.69. The van der Waals surface area contributed by atoms with E-state index in [1.54, 1.807) is 24.3 Å². The minimum absolute atomic E-state index is 0.350. The molecule has 0 aromatic heterocycles. The molecule has 0 aliphatic rings. The number of benzene rings is 2. The van der Waals surface area contributed by atoms with Gasteiger partial charge in [0.05, 0.1) is 19.3 Å². The minimum atomic E-state index is -0.350. The molecule has 2 aromatic carbocycles. The molecular formula is C17H18ClNO3. The molecule has 2 rings (SSSR count). The van der Waals surface area contributed by atoms with Crippen LogP contribution in [0.5, 0.6) is 5.75 Å². The molecular weight excluding hydrogens is 302 g/mol. The van der Waals surface area contributed by atoms with Gasteiger partial charge in [0, 0.05) is 17.3 Å². The lowest BCUT2D eigenvalue weighted by atomic mass is 10.2. The second kappa shape index (κ2) is 8.29. The summed E-state index contributed by atoms with van der Waals surface area (Å²) in [5.41, 5.74) is 1.51. The Morgan fingerprint density at radius 2 is 1.95 bits per heavy atom. The smallest absolute Gasteiger partial charge is 0.337 e. The number of carbonyl (C=O) groups excluding carboxylic acids is 1. The van der Waals surface area contributed by atoms with Crippen LogP contribution in [0.4, 0.5) is 5.69 Å². The Hall–Kier alpha value is -2.20. The highest BCUT2D eigenvalue weighted by Crippen LogP contribution is 2.15. The first-order chi connectivity index (χ1) is 10.7. The number of halogens is 1. The summed E-state index contributed by atoms with van der Waals surface area (Å²) in [5.74, 6) is 0.382. The van der Waals surface area contributed by atoms with E-state index in [0.717, 1.165) is 24.4 Å². The summed E-state index contributed by atoms with van der Waals surface area (Å²) < 4.78 is 10.3. The van der Waals surface area contributed by atoms with E-state index in [1.807, 2.05) is 24.3 Å². The van der Waals surface area contributed by atoms with Gasteiger partial charge in [0.1, 0.15) is 5.75 Å². The van der Waals surface area contributed by atoms with Crippen molar-refractivity contribution in [2.24, 2.45) is 0 Å². The Kier molecular flexibility index (Phi) is 6.10. The fraction of sp³-hybridized carbons (Fsp3) is 0.235. The molecule has 0 saturated heterocycles. The summed E-state index contributed by atoms with van der Waals surface area (Å²) in [6, 6.07) is 14.5. The maximum atomic E-state index is 11.3. The van der Waals surface area contributed by atoms with Crippen molar-refractivity contribution in [2.75, 3.05) is 25.6 Å². The van der Waals surface area contributed by atoms with Gasteiger partial charge in [0.2, 0.25) is 0 Å². The van der Waals surface area contributed by atoms with Gasteiger partial charge in [-0.3, -0.25) is 0 Å². The number of nitrogens with one attached hydrogen (secondary N) is 1. The van der Waals surface area contributed by atoms with Crippen molar-refractivity contribution >= 4 is 23.3 Å². The third-order valence-electron chi connectivity index (χ3n) is 3.02. The van der Waals surface area contributed by atoms with Crippen LogP contribution in [0.15, 0.2) is 48.5 Å². The highest BCUT2D eigenvalue weighted by molar-refractivity contribution is 6.30. The SMILES string of the molecule is COC(=O)c1ccc(OCCCNc2cccc(Cl)c2)cc1. The minimum Gasteiger partial charge on any atom is -0.494 e. The molecule has 5 heteroatoms. The Bertz CT molecular complexity index is 614. The summed E-state index contributed by atoms with van der Waals surface area (Å²) in [6.45, 7) is 1.38. The first kappa shape index (κ1) is 16.2. The molecule has 0 atom stereocenters. The molecule has 0 aliphatic heterocycles. The summed E-state index contributed by atoms with van der Waals surface area (Å²) in [7, 11) is 1.36. The standard InChI is InChI=1S/C17H18ClNO3/c1-21-17(20)13-6-8-16(9-7-13)22-11-3-10-19-15-5-2-4-14(18)12-15/h2,4-9,12,19H,3,10-11H2,1H3. The van der Waals surface area contributed by atoms with Crippen molar-refractivity contribution in [1.82, 2.24) is 0 Å². The van der Waals surface area contributed by atoms with Crippen LogP contribution in [-0.4, -0.2) is 26.2 Å². The topological polar surface area (TPSA) is 47.6 Å². The van der Waals surface area contributed by atoms with Gasteiger partial charge in [-0.15, -0.1) is 0 Å². The van der Waals surface area contributed by atoms with Crippen LogP contribution >= 0.6 is 11.6 Å². The number of rotatable bonds is 7. The molecule has 1 N–H and O–H groups in total. The molecule has 0 fully saturated rings. The van der Waals surface area contributed by atoms with Crippen LogP contribution in [0.1, 0.15) is 16.8 Å². The van der Waals surface area contributed by atoms with E-state index < -0.39 is 0 Å².